The molecule has 0 aliphatic heterocycles. The molecule has 2 unspecified atom stereocenters. The van der Waals surface area contributed by atoms with Gasteiger partial charge in [-0.1, -0.05) is 12.5 Å². The third-order valence-corrected chi connectivity index (χ3v) is 4.55. The quantitative estimate of drug-likeness (QED) is 0.689. The molecule has 1 amide bonds. The second-order valence-corrected chi connectivity index (χ2v) is 6.44. The van der Waals surface area contributed by atoms with Crippen molar-refractivity contribution in [1.82, 2.24) is 5.32 Å². The highest BCUT2D eigenvalue weighted by Gasteiger charge is 2.24. The Labute approximate surface area is 157 Å². The molecule has 0 radical (unpaired) electrons. The zero-order valence-corrected chi connectivity index (χ0v) is 16.1. The van der Waals surface area contributed by atoms with Crippen LogP contribution in [0.15, 0.2) is 18.2 Å². The number of aryl methyl sites for hydroxylation is 1. The first kappa shape index (κ1) is 21.6. The van der Waals surface area contributed by atoms with Crippen molar-refractivity contribution in [3.8, 4) is 11.5 Å². The standard InChI is InChI=1S/C19H30N2O3.ClH/c1-3-24-18-12-14(9-10-17(18)23-2)6-5-11-21-19(22)15-7-4-8-16(20)13-15;/h9-10,12,15-16H,3-8,11,13,20H2,1-2H3,(H,21,22);1H. The minimum absolute atomic E-state index is 0. The van der Waals surface area contributed by atoms with E-state index in [9.17, 15) is 4.79 Å². The Bertz CT molecular complexity index is 539. The van der Waals surface area contributed by atoms with E-state index in [1.54, 1.807) is 7.11 Å². The van der Waals surface area contributed by atoms with Crippen molar-refractivity contribution >= 4 is 18.3 Å². The zero-order valence-electron chi connectivity index (χ0n) is 15.3. The fraction of sp³-hybridized carbons (Fsp3) is 0.632. The summed E-state index contributed by atoms with van der Waals surface area (Å²) in [5.74, 6) is 1.79. The maximum Gasteiger partial charge on any atom is 0.223 e. The van der Waals surface area contributed by atoms with Crippen LogP contribution in [0.4, 0.5) is 0 Å². The number of rotatable bonds is 8. The molecular weight excluding hydrogens is 340 g/mol. The van der Waals surface area contributed by atoms with Gasteiger partial charge in [0.1, 0.15) is 0 Å². The van der Waals surface area contributed by atoms with Gasteiger partial charge in [-0.25, -0.2) is 0 Å². The number of amides is 1. The normalized spacial score (nSPS) is 19.6. The van der Waals surface area contributed by atoms with Gasteiger partial charge in [0, 0.05) is 18.5 Å². The van der Waals surface area contributed by atoms with E-state index >= 15 is 0 Å². The number of nitrogens with one attached hydrogen (secondary N) is 1. The van der Waals surface area contributed by atoms with E-state index in [-0.39, 0.29) is 30.3 Å². The molecule has 25 heavy (non-hydrogen) atoms. The Morgan fingerprint density at radius 1 is 1.32 bits per heavy atom. The van der Waals surface area contributed by atoms with E-state index in [1.165, 1.54) is 5.56 Å². The molecule has 0 spiro atoms. The summed E-state index contributed by atoms with van der Waals surface area (Å²) in [5.41, 5.74) is 7.14. The Balaban J connectivity index is 0.00000312. The summed E-state index contributed by atoms with van der Waals surface area (Å²) in [6, 6.07) is 6.18. The lowest BCUT2D eigenvalue weighted by atomic mass is 9.85. The van der Waals surface area contributed by atoms with Gasteiger partial charge in [0.2, 0.25) is 5.91 Å². The molecule has 1 aromatic carbocycles. The highest BCUT2D eigenvalue weighted by Crippen LogP contribution is 2.28. The molecule has 5 nitrogen and oxygen atoms in total. The topological polar surface area (TPSA) is 73.6 Å². The van der Waals surface area contributed by atoms with Crippen LogP contribution in [0.3, 0.4) is 0 Å². The van der Waals surface area contributed by atoms with E-state index in [0.717, 1.165) is 50.0 Å². The van der Waals surface area contributed by atoms with Gasteiger partial charge in [0.15, 0.2) is 11.5 Å². The molecular formula is C19H31ClN2O3. The molecule has 2 rings (SSSR count). The first-order valence-corrected chi connectivity index (χ1v) is 8.97. The van der Waals surface area contributed by atoms with Crippen molar-refractivity contribution in [2.45, 2.75) is 51.5 Å². The third kappa shape index (κ3) is 6.75. The second kappa shape index (κ2) is 11.2. The highest BCUT2D eigenvalue weighted by molar-refractivity contribution is 5.85. The number of benzene rings is 1. The molecule has 1 aliphatic carbocycles. The van der Waals surface area contributed by atoms with Crippen LogP contribution < -0.4 is 20.5 Å². The van der Waals surface area contributed by atoms with Gasteiger partial charge in [-0.3, -0.25) is 4.79 Å². The maximum absolute atomic E-state index is 12.2. The lowest BCUT2D eigenvalue weighted by molar-refractivity contribution is -0.126. The van der Waals surface area contributed by atoms with Crippen LogP contribution in [-0.2, 0) is 11.2 Å². The van der Waals surface area contributed by atoms with Gasteiger partial charge < -0.3 is 20.5 Å². The average molecular weight is 371 g/mol. The zero-order chi connectivity index (χ0) is 17.4. The van der Waals surface area contributed by atoms with Gasteiger partial charge in [0.25, 0.3) is 0 Å². The average Bonchev–Trinajstić information content (AvgIpc) is 2.59. The number of ether oxygens (including phenoxy) is 2. The fourth-order valence-corrected chi connectivity index (χ4v) is 3.26. The molecule has 1 aliphatic rings. The Kier molecular flexibility index (Phi) is 9.68. The Morgan fingerprint density at radius 3 is 2.80 bits per heavy atom. The second-order valence-electron chi connectivity index (χ2n) is 6.44. The van der Waals surface area contributed by atoms with Crippen LogP contribution >= 0.6 is 12.4 Å². The van der Waals surface area contributed by atoms with E-state index in [1.807, 2.05) is 25.1 Å². The van der Waals surface area contributed by atoms with Crippen LogP contribution in [0.25, 0.3) is 0 Å². The molecule has 2 atom stereocenters. The van der Waals surface area contributed by atoms with Crippen LogP contribution in [0.2, 0.25) is 0 Å². The van der Waals surface area contributed by atoms with Crippen molar-refractivity contribution in [2.24, 2.45) is 11.7 Å². The molecule has 0 heterocycles. The predicted molar refractivity (Wildman–Crippen MR) is 103 cm³/mol. The largest absolute Gasteiger partial charge is 0.493 e. The summed E-state index contributed by atoms with van der Waals surface area (Å²) in [4.78, 5) is 12.2. The summed E-state index contributed by atoms with van der Waals surface area (Å²) in [7, 11) is 1.64. The minimum Gasteiger partial charge on any atom is -0.493 e. The fourth-order valence-electron chi connectivity index (χ4n) is 3.26. The van der Waals surface area contributed by atoms with E-state index < -0.39 is 0 Å². The first-order chi connectivity index (χ1) is 11.6. The molecule has 6 heteroatoms. The highest BCUT2D eigenvalue weighted by atomic mass is 35.5. The van der Waals surface area contributed by atoms with Gasteiger partial charge in [-0.2, -0.15) is 0 Å². The first-order valence-electron chi connectivity index (χ1n) is 8.97. The number of hydrogen-bond donors (Lipinski definition) is 2. The number of hydrogen-bond acceptors (Lipinski definition) is 4. The van der Waals surface area contributed by atoms with E-state index in [2.05, 4.69) is 5.32 Å². The van der Waals surface area contributed by atoms with Crippen molar-refractivity contribution in [2.75, 3.05) is 20.3 Å². The van der Waals surface area contributed by atoms with Crippen molar-refractivity contribution in [1.29, 1.82) is 0 Å². The number of carbonyl (C=O) groups excluding carboxylic acids is 1. The van der Waals surface area contributed by atoms with Gasteiger partial charge in [-0.15, -0.1) is 12.4 Å². The summed E-state index contributed by atoms with van der Waals surface area (Å²) in [5, 5.41) is 3.06. The molecule has 1 aromatic rings. The predicted octanol–water partition coefficient (Wildman–Crippen LogP) is 3.08. The van der Waals surface area contributed by atoms with Gasteiger partial charge in [0.05, 0.1) is 13.7 Å². The monoisotopic (exact) mass is 370 g/mol. The molecule has 142 valence electrons. The molecule has 0 bridgehead atoms. The number of carbonyl (C=O) groups is 1. The molecule has 3 N–H and O–H groups in total. The molecule has 0 saturated heterocycles. The van der Waals surface area contributed by atoms with Crippen LogP contribution in [0.1, 0.15) is 44.6 Å². The third-order valence-electron chi connectivity index (χ3n) is 4.55. The van der Waals surface area contributed by atoms with Crippen LogP contribution in [0.5, 0.6) is 11.5 Å². The van der Waals surface area contributed by atoms with E-state index in [4.69, 9.17) is 15.2 Å². The van der Waals surface area contributed by atoms with Crippen molar-refractivity contribution in [3.63, 3.8) is 0 Å². The Morgan fingerprint density at radius 2 is 2.12 bits per heavy atom. The minimum atomic E-state index is 0. The number of nitrogens with two attached hydrogens (primary N) is 1. The Hall–Kier alpha value is -1.46. The lowest BCUT2D eigenvalue weighted by Crippen LogP contribution is -2.38. The van der Waals surface area contributed by atoms with E-state index in [0.29, 0.717) is 13.2 Å². The van der Waals surface area contributed by atoms with Crippen LogP contribution in [0, 0.1) is 5.92 Å². The smallest absolute Gasteiger partial charge is 0.223 e. The van der Waals surface area contributed by atoms with Crippen LogP contribution in [-0.4, -0.2) is 32.2 Å². The number of methoxy groups -OCH3 is 1. The SMILES string of the molecule is CCOc1cc(CCCNC(=O)C2CCCC(N)C2)ccc1OC.Cl. The summed E-state index contributed by atoms with van der Waals surface area (Å²) < 4.78 is 10.9. The van der Waals surface area contributed by atoms with Crippen molar-refractivity contribution < 1.29 is 14.3 Å². The molecule has 1 saturated carbocycles. The summed E-state index contributed by atoms with van der Waals surface area (Å²) in [6.45, 7) is 3.26. The maximum atomic E-state index is 12.2. The lowest BCUT2D eigenvalue weighted by Gasteiger charge is -2.25. The molecule has 1 fully saturated rings. The van der Waals surface area contributed by atoms with Gasteiger partial charge in [-0.05, 0) is 56.7 Å². The summed E-state index contributed by atoms with van der Waals surface area (Å²) in [6.07, 6.45) is 5.70. The number of halogens is 1. The summed E-state index contributed by atoms with van der Waals surface area (Å²) >= 11 is 0. The van der Waals surface area contributed by atoms with Gasteiger partial charge >= 0.3 is 0 Å². The van der Waals surface area contributed by atoms with Crippen molar-refractivity contribution in [3.05, 3.63) is 23.8 Å². The molecule has 0 aromatic heterocycles.